The number of aromatic nitrogens is 2. The van der Waals surface area contributed by atoms with E-state index in [0.29, 0.717) is 5.56 Å². The van der Waals surface area contributed by atoms with Crippen molar-refractivity contribution >= 4 is 75.9 Å². The molecule has 2 aromatic heterocycles. The van der Waals surface area contributed by atoms with Crippen molar-refractivity contribution in [2.24, 2.45) is 0 Å². The van der Waals surface area contributed by atoms with E-state index in [1.54, 1.807) is 0 Å². The Morgan fingerprint density at radius 1 is 0.308 bits per heavy atom. The van der Waals surface area contributed by atoms with Gasteiger partial charge in [-0.2, -0.15) is 5.26 Å². The molecule has 0 saturated carbocycles. The smallest absolute Gasteiger partial charge is 0.0991 e. The van der Waals surface area contributed by atoms with Gasteiger partial charge in [0.2, 0.25) is 0 Å². The lowest BCUT2D eigenvalue weighted by molar-refractivity contribution is 1.18. The largest absolute Gasteiger partial charge is 0.309 e. The van der Waals surface area contributed by atoms with E-state index in [-0.39, 0.29) is 0 Å². The molecule has 0 amide bonds. The van der Waals surface area contributed by atoms with E-state index in [4.69, 9.17) is 0 Å². The molecule has 3 heteroatoms. The van der Waals surface area contributed by atoms with Crippen LogP contribution in [0.5, 0.6) is 0 Å². The molecule has 0 aliphatic rings. The van der Waals surface area contributed by atoms with Gasteiger partial charge in [0.25, 0.3) is 0 Å². The first-order chi connectivity index (χ1) is 25.7. The standard InChI is InChI=1S/C49H29N3/c50-30-31-18-24-47-44(26-31)42-22-19-33(32-20-25-48-45(27-32)41-16-8-9-17-46(41)51(48)34-10-2-1-3-11-34)28-49(42)52(47)35-21-23-40-38-14-5-4-12-36(38)37-13-6-7-15-39(37)43(40)29-35/h1-29H. The highest BCUT2D eigenvalue weighted by molar-refractivity contribution is 6.25. The Morgan fingerprint density at radius 2 is 0.808 bits per heavy atom. The molecule has 0 bridgehead atoms. The molecule has 2 heterocycles. The van der Waals surface area contributed by atoms with Gasteiger partial charge in [0.05, 0.1) is 33.7 Å². The lowest BCUT2D eigenvalue weighted by atomic mass is 9.94. The van der Waals surface area contributed by atoms with Crippen molar-refractivity contribution in [1.82, 2.24) is 9.13 Å². The Hall–Kier alpha value is -7.15. The summed E-state index contributed by atoms with van der Waals surface area (Å²) in [5.74, 6) is 0. The highest BCUT2D eigenvalue weighted by Gasteiger charge is 2.18. The van der Waals surface area contributed by atoms with Gasteiger partial charge in [-0.1, -0.05) is 109 Å². The van der Waals surface area contributed by atoms with Gasteiger partial charge in [0.1, 0.15) is 0 Å². The van der Waals surface area contributed by atoms with Crippen LogP contribution < -0.4 is 0 Å². The van der Waals surface area contributed by atoms with Crippen molar-refractivity contribution in [1.29, 1.82) is 5.26 Å². The first-order valence-electron chi connectivity index (χ1n) is 17.7. The van der Waals surface area contributed by atoms with Crippen LogP contribution in [0.1, 0.15) is 5.56 Å². The summed E-state index contributed by atoms with van der Waals surface area (Å²) in [6.07, 6.45) is 0. The lowest BCUT2D eigenvalue weighted by Gasteiger charge is -2.14. The first kappa shape index (κ1) is 28.7. The summed E-state index contributed by atoms with van der Waals surface area (Å²) in [5, 5.41) is 22.0. The Kier molecular flexibility index (Phi) is 6.02. The maximum atomic E-state index is 9.87. The minimum Gasteiger partial charge on any atom is -0.309 e. The molecule has 0 aliphatic heterocycles. The van der Waals surface area contributed by atoms with E-state index in [0.717, 1.165) is 44.3 Å². The van der Waals surface area contributed by atoms with Gasteiger partial charge in [-0.05, 0) is 110 Å². The van der Waals surface area contributed by atoms with Gasteiger partial charge in [-0.15, -0.1) is 0 Å². The van der Waals surface area contributed by atoms with Crippen LogP contribution in [0, 0.1) is 11.3 Å². The van der Waals surface area contributed by atoms with Crippen LogP contribution in [0.4, 0.5) is 0 Å². The molecular formula is C49H29N3. The van der Waals surface area contributed by atoms with Crippen LogP contribution in [0.3, 0.4) is 0 Å². The van der Waals surface area contributed by atoms with Crippen molar-refractivity contribution in [3.8, 4) is 28.6 Å². The van der Waals surface area contributed by atoms with Gasteiger partial charge in [0.15, 0.2) is 0 Å². The third-order valence-corrected chi connectivity index (χ3v) is 10.9. The van der Waals surface area contributed by atoms with Crippen molar-refractivity contribution in [2.45, 2.75) is 0 Å². The zero-order valence-corrected chi connectivity index (χ0v) is 28.1. The molecule has 0 fully saturated rings. The number of hydrogen-bond donors (Lipinski definition) is 0. The number of rotatable bonds is 3. The monoisotopic (exact) mass is 659 g/mol. The number of para-hydroxylation sites is 2. The van der Waals surface area contributed by atoms with Gasteiger partial charge in [-0.3, -0.25) is 0 Å². The topological polar surface area (TPSA) is 33.6 Å². The van der Waals surface area contributed by atoms with Gasteiger partial charge in [-0.25, -0.2) is 0 Å². The fourth-order valence-electron chi connectivity index (χ4n) is 8.59. The molecule has 9 aromatic carbocycles. The second-order valence-corrected chi connectivity index (χ2v) is 13.7. The van der Waals surface area contributed by atoms with Crippen LogP contribution in [0.15, 0.2) is 176 Å². The number of fused-ring (bicyclic) bond motifs is 12. The van der Waals surface area contributed by atoms with Crippen molar-refractivity contribution in [2.75, 3.05) is 0 Å². The summed E-state index contributed by atoms with van der Waals surface area (Å²) in [5.41, 5.74) is 9.79. The average molecular weight is 660 g/mol. The predicted octanol–water partition coefficient (Wildman–Crippen LogP) is 12.9. The second kappa shape index (κ2) is 10.9. The van der Waals surface area contributed by atoms with Crippen LogP contribution in [0.25, 0.3) is 98.4 Å². The fourth-order valence-corrected chi connectivity index (χ4v) is 8.59. The highest BCUT2D eigenvalue weighted by Crippen LogP contribution is 2.40. The number of nitriles is 1. The van der Waals surface area contributed by atoms with Crippen molar-refractivity contribution in [3.05, 3.63) is 181 Å². The molecule has 0 saturated heterocycles. The molecule has 0 aliphatic carbocycles. The van der Waals surface area contributed by atoms with E-state index in [9.17, 15) is 5.26 Å². The van der Waals surface area contributed by atoms with E-state index < -0.39 is 0 Å². The minimum atomic E-state index is 0.659. The molecule has 0 radical (unpaired) electrons. The highest BCUT2D eigenvalue weighted by atomic mass is 15.0. The van der Waals surface area contributed by atoms with E-state index in [1.165, 1.54) is 54.1 Å². The van der Waals surface area contributed by atoms with Gasteiger partial charge >= 0.3 is 0 Å². The summed E-state index contributed by atoms with van der Waals surface area (Å²) >= 11 is 0. The second-order valence-electron chi connectivity index (χ2n) is 13.7. The quantitative estimate of drug-likeness (QED) is 0.174. The third-order valence-electron chi connectivity index (χ3n) is 10.9. The maximum absolute atomic E-state index is 9.87. The maximum Gasteiger partial charge on any atom is 0.0991 e. The molecular weight excluding hydrogens is 631 g/mol. The predicted molar refractivity (Wildman–Crippen MR) is 218 cm³/mol. The number of benzene rings is 9. The zero-order chi connectivity index (χ0) is 34.3. The molecule has 0 atom stereocenters. The van der Waals surface area contributed by atoms with Crippen LogP contribution in [-0.2, 0) is 0 Å². The normalized spacial score (nSPS) is 11.8. The molecule has 11 rings (SSSR count). The van der Waals surface area contributed by atoms with E-state index in [1.807, 2.05) is 12.1 Å². The molecule has 0 unspecified atom stereocenters. The van der Waals surface area contributed by atoms with Gasteiger partial charge in [0, 0.05) is 32.9 Å². The zero-order valence-electron chi connectivity index (χ0n) is 28.1. The summed E-state index contributed by atoms with van der Waals surface area (Å²) in [6, 6.07) is 65.6. The molecule has 11 aromatic rings. The molecule has 0 N–H and O–H groups in total. The summed E-state index contributed by atoms with van der Waals surface area (Å²) in [4.78, 5) is 0. The van der Waals surface area contributed by atoms with E-state index >= 15 is 0 Å². The molecule has 52 heavy (non-hydrogen) atoms. The van der Waals surface area contributed by atoms with Gasteiger partial charge < -0.3 is 9.13 Å². The molecule has 240 valence electrons. The minimum absolute atomic E-state index is 0.659. The van der Waals surface area contributed by atoms with Crippen molar-refractivity contribution in [3.63, 3.8) is 0 Å². The summed E-state index contributed by atoms with van der Waals surface area (Å²) < 4.78 is 4.73. The average Bonchev–Trinajstić information content (AvgIpc) is 3.72. The third kappa shape index (κ3) is 4.07. The SMILES string of the molecule is N#Cc1ccc2c(c1)c1ccc(-c3ccc4c(c3)c3ccccc3n4-c3ccccc3)cc1n2-c1ccc2c3ccccc3c3ccccc3c2c1. The van der Waals surface area contributed by atoms with Crippen LogP contribution in [-0.4, -0.2) is 9.13 Å². The Morgan fingerprint density at radius 3 is 1.54 bits per heavy atom. The Balaban J connectivity index is 1.17. The van der Waals surface area contributed by atoms with Crippen LogP contribution >= 0.6 is 0 Å². The fraction of sp³-hybridized carbons (Fsp3) is 0. The van der Waals surface area contributed by atoms with E-state index in [2.05, 4.69) is 179 Å². The van der Waals surface area contributed by atoms with Crippen molar-refractivity contribution < 1.29 is 0 Å². The first-order valence-corrected chi connectivity index (χ1v) is 17.7. The lowest BCUT2D eigenvalue weighted by Crippen LogP contribution is -1.95. The summed E-state index contributed by atoms with van der Waals surface area (Å²) in [7, 11) is 0. The molecule has 3 nitrogen and oxygen atoms in total. The number of nitrogens with zero attached hydrogens (tertiary/aromatic N) is 3. The molecule has 0 spiro atoms. The Labute approximate surface area is 299 Å². The number of hydrogen-bond acceptors (Lipinski definition) is 1. The Bertz CT molecular complexity index is 3270. The summed E-state index contributed by atoms with van der Waals surface area (Å²) in [6.45, 7) is 0. The van der Waals surface area contributed by atoms with Crippen LogP contribution in [0.2, 0.25) is 0 Å².